The Labute approximate surface area is 171 Å². The van der Waals surface area contributed by atoms with Gasteiger partial charge in [0.25, 0.3) is 0 Å². The molecule has 0 aliphatic carbocycles. The smallest absolute Gasteiger partial charge is 0.318 e. The fourth-order valence-electron chi connectivity index (χ4n) is 3.33. The number of urea groups is 1. The Morgan fingerprint density at radius 2 is 1.66 bits per heavy atom. The van der Waals surface area contributed by atoms with E-state index in [-0.39, 0.29) is 11.9 Å². The fraction of sp³-hybridized carbons (Fsp3) is 0.364. The van der Waals surface area contributed by atoms with Gasteiger partial charge in [0.1, 0.15) is 11.8 Å². The Hall–Kier alpha value is -3.22. The number of para-hydroxylation sites is 2. The van der Waals surface area contributed by atoms with E-state index in [9.17, 15) is 9.59 Å². The average molecular weight is 396 g/mol. The lowest BCUT2D eigenvalue weighted by molar-refractivity contribution is -0.122. The van der Waals surface area contributed by atoms with Crippen LogP contribution in [-0.2, 0) is 11.3 Å². The van der Waals surface area contributed by atoms with Crippen LogP contribution in [0.3, 0.4) is 0 Å². The van der Waals surface area contributed by atoms with Gasteiger partial charge in [-0.1, -0.05) is 36.4 Å². The number of methoxy groups -OCH3 is 1. The summed E-state index contributed by atoms with van der Waals surface area (Å²) in [5, 5.41) is 5.64. The molecule has 3 rings (SSSR count). The van der Waals surface area contributed by atoms with E-state index in [2.05, 4.69) is 27.7 Å². The number of carbonyl (C=O) groups excluding carboxylic acids is 2. The van der Waals surface area contributed by atoms with Gasteiger partial charge >= 0.3 is 6.03 Å². The second-order valence-corrected chi connectivity index (χ2v) is 7.01. The standard InChI is InChI=1S/C22H28N4O3/c1-17(21(27)23-16-18-8-6-7-11-20(18)29-2)24-22(28)26-14-12-25(13-15-26)19-9-4-3-5-10-19/h3-11,17H,12-16H2,1-2H3,(H,23,27)(H,24,28)/t17-/m1/s1. The van der Waals surface area contributed by atoms with E-state index in [0.717, 1.165) is 30.1 Å². The number of anilines is 1. The molecule has 1 atom stereocenters. The number of hydrogen-bond donors (Lipinski definition) is 2. The SMILES string of the molecule is COc1ccccc1CNC(=O)[C@@H](C)NC(=O)N1CCN(c2ccccc2)CC1. The summed E-state index contributed by atoms with van der Waals surface area (Å²) in [7, 11) is 1.60. The molecule has 1 fully saturated rings. The van der Waals surface area contributed by atoms with Crippen molar-refractivity contribution < 1.29 is 14.3 Å². The van der Waals surface area contributed by atoms with E-state index in [1.54, 1.807) is 18.9 Å². The Balaban J connectivity index is 1.44. The van der Waals surface area contributed by atoms with Crippen LogP contribution >= 0.6 is 0 Å². The molecule has 7 nitrogen and oxygen atoms in total. The van der Waals surface area contributed by atoms with Crippen molar-refractivity contribution in [2.24, 2.45) is 0 Å². The summed E-state index contributed by atoms with van der Waals surface area (Å²) in [6.45, 7) is 4.82. The van der Waals surface area contributed by atoms with Crippen LogP contribution in [0.2, 0.25) is 0 Å². The van der Waals surface area contributed by atoms with Crippen molar-refractivity contribution in [3.63, 3.8) is 0 Å². The Bertz CT molecular complexity index is 820. The van der Waals surface area contributed by atoms with Crippen molar-refractivity contribution in [2.75, 3.05) is 38.2 Å². The molecule has 0 aromatic heterocycles. The number of benzene rings is 2. The normalized spacial score (nSPS) is 14.8. The van der Waals surface area contributed by atoms with E-state index >= 15 is 0 Å². The van der Waals surface area contributed by atoms with Crippen molar-refractivity contribution in [3.05, 3.63) is 60.2 Å². The van der Waals surface area contributed by atoms with Crippen molar-refractivity contribution in [2.45, 2.75) is 19.5 Å². The highest BCUT2D eigenvalue weighted by atomic mass is 16.5. The van der Waals surface area contributed by atoms with Gasteiger partial charge in [-0.25, -0.2) is 4.79 Å². The molecule has 1 saturated heterocycles. The third kappa shape index (κ3) is 5.40. The van der Waals surface area contributed by atoms with Crippen LogP contribution in [0.1, 0.15) is 12.5 Å². The average Bonchev–Trinajstić information content (AvgIpc) is 2.78. The van der Waals surface area contributed by atoms with Gasteiger partial charge in [-0.3, -0.25) is 4.79 Å². The lowest BCUT2D eigenvalue weighted by Gasteiger charge is -2.36. The van der Waals surface area contributed by atoms with Gasteiger partial charge in [0.05, 0.1) is 7.11 Å². The van der Waals surface area contributed by atoms with Gasteiger partial charge in [-0.05, 0) is 25.1 Å². The maximum absolute atomic E-state index is 12.5. The monoisotopic (exact) mass is 396 g/mol. The van der Waals surface area contributed by atoms with Crippen LogP contribution in [0.5, 0.6) is 5.75 Å². The van der Waals surface area contributed by atoms with E-state index in [1.165, 1.54) is 0 Å². The molecule has 7 heteroatoms. The topological polar surface area (TPSA) is 73.9 Å². The molecular formula is C22H28N4O3. The minimum atomic E-state index is -0.621. The van der Waals surface area contributed by atoms with E-state index in [1.807, 2.05) is 42.5 Å². The summed E-state index contributed by atoms with van der Waals surface area (Å²) < 4.78 is 5.29. The van der Waals surface area contributed by atoms with E-state index in [4.69, 9.17) is 4.74 Å². The van der Waals surface area contributed by atoms with Crippen molar-refractivity contribution >= 4 is 17.6 Å². The number of nitrogens with one attached hydrogen (secondary N) is 2. The first-order valence-electron chi connectivity index (χ1n) is 9.83. The zero-order valence-corrected chi connectivity index (χ0v) is 16.9. The summed E-state index contributed by atoms with van der Waals surface area (Å²) in [5.74, 6) is 0.493. The molecule has 1 aliphatic rings. The van der Waals surface area contributed by atoms with Gasteiger partial charge in [0.15, 0.2) is 0 Å². The first-order valence-corrected chi connectivity index (χ1v) is 9.83. The van der Waals surface area contributed by atoms with Crippen LogP contribution < -0.4 is 20.3 Å². The molecule has 2 aromatic rings. The third-order valence-corrected chi connectivity index (χ3v) is 5.07. The first-order chi connectivity index (χ1) is 14.1. The number of amides is 3. The summed E-state index contributed by atoms with van der Waals surface area (Å²) >= 11 is 0. The first kappa shape index (κ1) is 20.5. The quantitative estimate of drug-likeness (QED) is 0.785. The predicted molar refractivity (Wildman–Crippen MR) is 113 cm³/mol. The molecule has 1 heterocycles. The van der Waals surface area contributed by atoms with Gasteiger partial charge in [0, 0.05) is 44.0 Å². The van der Waals surface area contributed by atoms with Crippen molar-refractivity contribution in [1.82, 2.24) is 15.5 Å². The van der Waals surface area contributed by atoms with Crippen molar-refractivity contribution in [3.8, 4) is 5.75 Å². The Morgan fingerprint density at radius 3 is 2.34 bits per heavy atom. The van der Waals surface area contributed by atoms with Gasteiger partial charge in [-0.2, -0.15) is 0 Å². The van der Waals surface area contributed by atoms with Crippen molar-refractivity contribution in [1.29, 1.82) is 0 Å². The Kier molecular flexibility index (Phi) is 6.94. The second kappa shape index (κ2) is 9.82. The van der Waals surface area contributed by atoms with Crippen LogP contribution in [0.4, 0.5) is 10.5 Å². The number of ether oxygens (including phenoxy) is 1. The highest BCUT2D eigenvalue weighted by molar-refractivity contribution is 5.86. The molecule has 0 radical (unpaired) electrons. The minimum Gasteiger partial charge on any atom is -0.496 e. The van der Waals surface area contributed by atoms with Crippen LogP contribution in [-0.4, -0.2) is 56.2 Å². The highest BCUT2D eigenvalue weighted by Gasteiger charge is 2.24. The molecule has 3 amide bonds. The van der Waals surface area contributed by atoms with Crippen LogP contribution in [0.15, 0.2) is 54.6 Å². The van der Waals surface area contributed by atoms with E-state index < -0.39 is 6.04 Å². The molecule has 0 spiro atoms. The predicted octanol–water partition coefficient (Wildman–Crippen LogP) is 2.23. The summed E-state index contributed by atoms with van der Waals surface area (Å²) in [4.78, 5) is 28.9. The molecule has 29 heavy (non-hydrogen) atoms. The largest absolute Gasteiger partial charge is 0.496 e. The molecule has 154 valence electrons. The Morgan fingerprint density at radius 1 is 1.00 bits per heavy atom. The summed E-state index contributed by atoms with van der Waals surface area (Å²) in [5.41, 5.74) is 2.05. The molecular weight excluding hydrogens is 368 g/mol. The van der Waals surface area contributed by atoms with Crippen LogP contribution in [0, 0.1) is 0 Å². The molecule has 0 saturated carbocycles. The molecule has 0 bridgehead atoms. The number of carbonyl (C=O) groups is 2. The number of piperazine rings is 1. The number of nitrogens with zero attached hydrogens (tertiary/aromatic N) is 2. The van der Waals surface area contributed by atoms with Crippen LogP contribution in [0.25, 0.3) is 0 Å². The summed E-state index contributed by atoms with van der Waals surface area (Å²) in [6, 6.07) is 16.9. The van der Waals surface area contributed by atoms with Gasteiger partial charge in [-0.15, -0.1) is 0 Å². The number of rotatable bonds is 6. The van der Waals surface area contributed by atoms with Gasteiger partial charge < -0.3 is 25.2 Å². The second-order valence-electron chi connectivity index (χ2n) is 7.01. The molecule has 0 unspecified atom stereocenters. The lowest BCUT2D eigenvalue weighted by Crippen LogP contribution is -2.55. The zero-order valence-electron chi connectivity index (χ0n) is 16.9. The maximum Gasteiger partial charge on any atom is 0.318 e. The molecule has 2 aromatic carbocycles. The highest BCUT2D eigenvalue weighted by Crippen LogP contribution is 2.17. The fourth-order valence-corrected chi connectivity index (χ4v) is 3.33. The van der Waals surface area contributed by atoms with Gasteiger partial charge in [0.2, 0.25) is 5.91 Å². The number of hydrogen-bond acceptors (Lipinski definition) is 4. The zero-order chi connectivity index (χ0) is 20.6. The maximum atomic E-state index is 12.5. The lowest BCUT2D eigenvalue weighted by atomic mass is 10.2. The third-order valence-electron chi connectivity index (χ3n) is 5.07. The summed E-state index contributed by atoms with van der Waals surface area (Å²) in [6.07, 6.45) is 0. The molecule has 1 aliphatic heterocycles. The molecule has 2 N–H and O–H groups in total. The van der Waals surface area contributed by atoms with E-state index in [0.29, 0.717) is 19.6 Å². The minimum absolute atomic E-state index is 0.211.